The third kappa shape index (κ3) is 17.4. The number of ketones is 1. The molecule has 4 nitrogen and oxygen atoms in total. The van der Waals surface area contributed by atoms with Gasteiger partial charge < -0.3 is 9.47 Å². The summed E-state index contributed by atoms with van der Waals surface area (Å²) in [4.78, 5) is 24.4. The van der Waals surface area contributed by atoms with Crippen LogP contribution in [0.2, 0.25) is 0 Å². The van der Waals surface area contributed by atoms with E-state index in [1.807, 2.05) is 37.3 Å². The minimum Gasteiger partial charge on any atom is -0.427 e. The van der Waals surface area contributed by atoms with Crippen molar-refractivity contribution in [2.24, 2.45) is 0 Å². The van der Waals surface area contributed by atoms with Gasteiger partial charge in [0.15, 0.2) is 5.78 Å². The number of ether oxygens (including phenoxy) is 2. The van der Waals surface area contributed by atoms with Gasteiger partial charge in [0.2, 0.25) is 0 Å². The first-order valence-electron chi connectivity index (χ1n) is 18.4. The van der Waals surface area contributed by atoms with Crippen molar-refractivity contribution in [1.82, 2.24) is 0 Å². The molecule has 0 saturated carbocycles. The quantitative estimate of drug-likeness (QED) is 0.0285. The average Bonchev–Trinajstić information content (AvgIpc) is 3.11. The molecule has 0 bridgehead atoms. The van der Waals surface area contributed by atoms with Gasteiger partial charge in [-0.3, -0.25) is 9.59 Å². The van der Waals surface area contributed by atoms with Crippen molar-refractivity contribution in [3.05, 3.63) is 114 Å². The molecule has 4 heteroatoms. The van der Waals surface area contributed by atoms with Crippen LogP contribution in [0.1, 0.15) is 143 Å². The number of unbranched alkanes of at least 4 members (excludes halogenated alkanes) is 15. The first kappa shape index (κ1) is 38.7. The number of allylic oxidation sites excluding steroid dienone is 2. The minimum atomic E-state index is -0.181. The Hall–Kier alpha value is -3.76. The number of hydrogen-bond acceptors (Lipinski definition) is 4. The Balaban J connectivity index is 1.04. The third-order valence-electron chi connectivity index (χ3n) is 8.73. The highest BCUT2D eigenvalue weighted by Gasteiger charge is 2.05. The second-order valence-electron chi connectivity index (χ2n) is 13.0. The molecule has 0 aromatic heterocycles. The molecule has 0 unspecified atom stereocenters. The van der Waals surface area contributed by atoms with Gasteiger partial charge in [0.25, 0.3) is 0 Å². The molecule has 0 spiro atoms. The molecule has 0 atom stereocenters. The van der Waals surface area contributed by atoms with Gasteiger partial charge in [0.1, 0.15) is 5.75 Å². The Morgan fingerprint density at radius 2 is 1.12 bits per heavy atom. The highest BCUT2D eigenvalue weighted by molar-refractivity contribution is 6.06. The molecule has 48 heavy (non-hydrogen) atoms. The predicted octanol–water partition coefficient (Wildman–Crippen LogP) is 12.4. The van der Waals surface area contributed by atoms with Crippen LogP contribution in [0.3, 0.4) is 0 Å². The van der Waals surface area contributed by atoms with Gasteiger partial charge in [-0.25, -0.2) is 0 Å². The Labute approximate surface area is 290 Å². The molecule has 0 saturated heterocycles. The van der Waals surface area contributed by atoms with Gasteiger partial charge in [0, 0.05) is 18.6 Å². The molecule has 0 radical (unpaired) electrons. The number of hydrogen-bond donors (Lipinski definition) is 0. The maximum Gasteiger partial charge on any atom is 0.311 e. The Morgan fingerprint density at radius 3 is 1.67 bits per heavy atom. The zero-order valence-electron chi connectivity index (χ0n) is 29.4. The van der Waals surface area contributed by atoms with Crippen molar-refractivity contribution >= 4 is 23.4 Å². The summed E-state index contributed by atoms with van der Waals surface area (Å²) in [6.45, 7) is 7.58. The topological polar surface area (TPSA) is 52.6 Å². The Morgan fingerprint density at radius 1 is 0.604 bits per heavy atom. The van der Waals surface area contributed by atoms with E-state index in [1.54, 1.807) is 36.4 Å². The lowest BCUT2D eigenvalue weighted by molar-refractivity contribution is -0.134. The lowest BCUT2D eigenvalue weighted by Gasteiger charge is -2.06. The number of rotatable bonds is 26. The van der Waals surface area contributed by atoms with Crippen LogP contribution in [-0.4, -0.2) is 18.4 Å². The summed E-state index contributed by atoms with van der Waals surface area (Å²) in [5.74, 6) is 0.325. The number of benzene rings is 3. The predicted molar refractivity (Wildman–Crippen MR) is 201 cm³/mol. The largest absolute Gasteiger partial charge is 0.427 e. The van der Waals surface area contributed by atoms with Gasteiger partial charge in [-0.05, 0) is 54.7 Å². The van der Waals surface area contributed by atoms with Gasteiger partial charge in [0.05, 0.1) is 6.61 Å². The van der Waals surface area contributed by atoms with Crippen LogP contribution in [0.5, 0.6) is 5.75 Å². The molecular formula is C44H58O4. The molecule has 0 amide bonds. The molecule has 258 valence electrons. The van der Waals surface area contributed by atoms with E-state index in [-0.39, 0.29) is 11.8 Å². The van der Waals surface area contributed by atoms with Crippen molar-refractivity contribution in [2.75, 3.05) is 6.61 Å². The minimum absolute atomic E-state index is 0.0367. The normalized spacial score (nSPS) is 11.2. The van der Waals surface area contributed by atoms with Gasteiger partial charge in [-0.15, -0.1) is 0 Å². The van der Waals surface area contributed by atoms with E-state index in [0.717, 1.165) is 37.0 Å². The van der Waals surface area contributed by atoms with Crippen molar-refractivity contribution < 1.29 is 19.1 Å². The molecule has 3 aromatic rings. The summed E-state index contributed by atoms with van der Waals surface area (Å²) in [7, 11) is 0. The van der Waals surface area contributed by atoms with Gasteiger partial charge in [-0.2, -0.15) is 0 Å². The summed E-state index contributed by atoms with van der Waals surface area (Å²) in [6.07, 6.45) is 24.1. The molecule has 0 aliphatic rings. The van der Waals surface area contributed by atoms with E-state index in [2.05, 4.69) is 30.8 Å². The molecule has 0 fully saturated rings. The average molecular weight is 651 g/mol. The maximum atomic E-state index is 12.2. The number of esters is 1. The van der Waals surface area contributed by atoms with Gasteiger partial charge >= 0.3 is 5.97 Å². The summed E-state index contributed by atoms with van der Waals surface area (Å²) >= 11 is 0. The molecule has 3 rings (SSSR count). The van der Waals surface area contributed by atoms with E-state index >= 15 is 0 Å². The van der Waals surface area contributed by atoms with E-state index < -0.39 is 0 Å². The summed E-state index contributed by atoms with van der Waals surface area (Å²) < 4.78 is 11.3. The standard InChI is InChI=1S/C44H58O4/c1-37(2)40-30-25-39(26-31-40)36-47-35-21-16-14-12-10-8-6-4-3-5-7-9-11-13-15-20-24-44(46)48-42-32-27-38(28-33-42)29-34-43(45)41-22-18-17-19-23-41/h17-19,22-23,25-34H,1,3-16,20-21,24,35-36H2,2H3. The molecule has 0 aliphatic heterocycles. The monoisotopic (exact) mass is 650 g/mol. The zero-order chi connectivity index (χ0) is 34.1. The second-order valence-corrected chi connectivity index (χ2v) is 13.0. The van der Waals surface area contributed by atoms with Crippen LogP contribution < -0.4 is 4.74 Å². The van der Waals surface area contributed by atoms with Crippen LogP contribution >= 0.6 is 0 Å². The smallest absolute Gasteiger partial charge is 0.311 e. The fourth-order valence-electron chi connectivity index (χ4n) is 5.72. The van der Waals surface area contributed by atoms with Crippen LogP contribution in [0, 0.1) is 0 Å². The molecule has 0 N–H and O–H groups in total. The van der Waals surface area contributed by atoms with Crippen molar-refractivity contribution in [3.8, 4) is 5.75 Å². The molecular weight excluding hydrogens is 592 g/mol. The Bertz CT molecular complexity index is 1340. The van der Waals surface area contributed by atoms with Gasteiger partial charge in [-0.1, -0.05) is 175 Å². The van der Waals surface area contributed by atoms with Crippen molar-refractivity contribution in [3.63, 3.8) is 0 Å². The zero-order valence-corrected chi connectivity index (χ0v) is 29.4. The second kappa shape index (κ2) is 24.4. The van der Waals surface area contributed by atoms with Crippen LogP contribution in [-0.2, 0) is 16.1 Å². The van der Waals surface area contributed by atoms with Crippen LogP contribution in [0.4, 0.5) is 0 Å². The van der Waals surface area contributed by atoms with E-state index in [4.69, 9.17) is 9.47 Å². The summed E-state index contributed by atoms with van der Waals surface area (Å²) in [5, 5.41) is 0. The maximum absolute atomic E-state index is 12.2. The molecule has 3 aromatic carbocycles. The Kier molecular flexibility index (Phi) is 19.7. The number of carbonyl (C=O) groups is 2. The summed E-state index contributed by atoms with van der Waals surface area (Å²) in [6, 6.07) is 25.0. The number of carbonyl (C=O) groups excluding carboxylic acids is 2. The fourth-order valence-corrected chi connectivity index (χ4v) is 5.72. The fraction of sp³-hybridized carbons (Fsp3) is 0.455. The van der Waals surface area contributed by atoms with Crippen LogP contribution in [0.25, 0.3) is 11.6 Å². The highest BCUT2D eigenvalue weighted by atomic mass is 16.5. The van der Waals surface area contributed by atoms with Crippen molar-refractivity contribution in [2.45, 2.75) is 123 Å². The lowest BCUT2D eigenvalue weighted by atomic mass is 10.0. The lowest BCUT2D eigenvalue weighted by Crippen LogP contribution is -2.07. The first-order valence-corrected chi connectivity index (χ1v) is 18.4. The SMILES string of the molecule is C=C(C)c1ccc(COCCCCCCCCCCCCCCCCCCC(=O)Oc2ccc(C=CC(=O)c3ccccc3)cc2)cc1. The third-order valence-corrected chi connectivity index (χ3v) is 8.73. The van der Waals surface area contributed by atoms with E-state index in [1.165, 1.54) is 94.6 Å². The van der Waals surface area contributed by atoms with E-state index in [9.17, 15) is 9.59 Å². The van der Waals surface area contributed by atoms with Crippen LogP contribution in [0.15, 0.2) is 91.5 Å². The highest BCUT2D eigenvalue weighted by Crippen LogP contribution is 2.17. The first-order chi connectivity index (χ1) is 23.5. The van der Waals surface area contributed by atoms with Crippen molar-refractivity contribution in [1.29, 1.82) is 0 Å². The molecule has 0 heterocycles. The summed E-state index contributed by atoms with van der Waals surface area (Å²) in [5.41, 5.74) is 5.08. The van der Waals surface area contributed by atoms with E-state index in [0.29, 0.717) is 24.3 Å². The molecule has 0 aliphatic carbocycles.